The molecule has 1 aromatic carbocycles. The predicted molar refractivity (Wildman–Crippen MR) is 114 cm³/mol. The maximum atomic E-state index is 14.0. The number of hydrogen-bond donors (Lipinski definition) is 1. The normalized spacial score (nSPS) is 17.2. The summed E-state index contributed by atoms with van der Waals surface area (Å²) >= 11 is 0. The van der Waals surface area contributed by atoms with Gasteiger partial charge in [-0.2, -0.15) is 4.31 Å². The third-order valence-electron chi connectivity index (χ3n) is 5.11. The maximum absolute atomic E-state index is 14.0. The Kier molecular flexibility index (Phi) is 5.78. The third kappa shape index (κ3) is 4.49. The highest BCUT2D eigenvalue weighted by molar-refractivity contribution is 7.88. The lowest BCUT2D eigenvalue weighted by Gasteiger charge is -2.24. The van der Waals surface area contributed by atoms with Crippen molar-refractivity contribution in [2.75, 3.05) is 11.9 Å². The summed E-state index contributed by atoms with van der Waals surface area (Å²) in [6.07, 6.45) is 1.41. The molecule has 0 aliphatic carbocycles. The molecule has 1 N–H and O–H groups in total. The molecule has 6 nitrogen and oxygen atoms in total. The highest BCUT2D eigenvalue weighted by atomic mass is 32.2. The molecule has 0 unspecified atom stereocenters. The lowest BCUT2D eigenvalue weighted by atomic mass is 10.1. The SMILES string of the molecule is Cc1cccc(Nc2cccc([C@H]3CCCN3S(=O)(=O)Cc3ccccc3F)n2)n1. The van der Waals surface area contributed by atoms with Crippen LogP contribution >= 0.6 is 0 Å². The van der Waals surface area contributed by atoms with Crippen LogP contribution in [0.3, 0.4) is 0 Å². The van der Waals surface area contributed by atoms with Crippen LogP contribution in [-0.2, 0) is 15.8 Å². The van der Waals surface area contributed by atoms with E-state index in [4.69, 9.17) is 0 Å². The molecule has 8 heteroatoms. The van der Waals surface area contributed by atoms with Gasteiger partial charge in [-0.1, -0.05) is 30.3 Å². The fourth-order valence-corrected chi connectivity index (χ4v) is 5.52. The molecule has 1 aliphatic heterocycles. The molecule has 0 spiro atoms. The first-order valence-electron chi connectivity index (χ1n) is 9.83. The van der Waals surface area contributed by atoms with Gasteiger partial charge in [0.1, 0.15) is 17.5 Å². The summed E-state index contributed by atoms with van der Waals surface area (Å²) in [6, 6.07) is 16.8. The van der Waals surface area contributed by atoms with Gasteiger partial charge in [-0.25, -0.2) is 22.8 Å². The Morgan fingerprint density at radius 3 is 2.53 bits per heavy atom. The zero-order chi connectivity index (χ0) is 21.1. The Labute approximate surface area is 175 Å². The van der Waals surface area contributed by atoms with Crippen LogP contribution in [-0.4, -0.2) is 29.2 Å². The van der Waals surface area contributed by atoms with Gasteiger partial charge in [-0.05, 0) is 50.1 Å². The van der Waals surface area contributed by atoms with Crippen molar-refractivity contribution in [3.63, 3.8) is 0 Å². The molecule has 3 heterocycles. The summed E-state index contributed by atoms with van der Waals surface area (Å²) in [5, 5.41) is 3.17. The van der Waals surface area contributed by atoms with E-state index in [0.717, 1.165) is 12.1 Å². The topological polar surface area (TPSA) is 75.2 Å². The van der Waals surface area contributed by atoms with Crippen LogP contribution in [0.1, 0.15) is 35.8 Å². The maximum Gasteiger partial charge on any atom is 0.219 e. The first-order chi connectivity index (χ1) is 14.4. The van der Waals surface area contributed by atoms with E-state index in [1.54, 1.807) is 12.1 Å². The molecule has 3 aromatic rings. The number of nitrogens with zero attached hydrogens (tertiary/aromatic N) is 3. The van der Waals surface area contributed by atoms with Crippen LogP contribution in [0.4, 0.5) is 16.0 Å². The summed E-state index contributed by atoms with van der Waals surface area (Å²) in [4.78, 5) is 9.05. The van der Waals surface area contributed by atoms with Crippen molar-refractivity contribution in [2.45, 2.75) is 31.6 Å². The molecule has 0 bridgehead atoms. The number of aromatic nitrogens is 2. The number of sulfonamides is 1. The van der Waals surface area contributed by atoms with Crippen molar-refractivity contribution < 1.29 is 12.8 Å². The number of rotatable bonds is 6. The summed E-state index contributed by atoms with van der Waals surface area (Å²) in [7, 11) is -3.69. The fourth-order valence-electron chi connectivity index (χ4n) is 3.71. The Hall–Kier alpha value is -2.84. The summed E-state index contributed by atoms with van der Waals surface area (Å²) in [5.41, 5.74) is 1.73. The Bertz CT molecular complexity index is 1150. The van der Waals surface area contributed by atoms with Crippen molar-refractivity contribution in [3.05, 3.63) is 83.4 Å². The molecule has 1 saturated heterocycles. The second kappa shape index (κ2) is 8.49. The van der Waals surface area contributed by atoms with E-state index in [1.165, 1.54) is 16.4 Å². The van der Waals surface area contributed by atoms with Crippen LogP contribution < -0.4 is 5.32 Å². The number of pyridine rings is 2. The quantitative estimate of drug-likeness (QED) is 0.635. The Balaban J connectivity index is 1.57. The second-order valence-corrected chi connectivity index (χ2v) is 9.27. The van der Waals surface area contributed by atoms with E-state index in [2.05, 4.69) is 15.3 Å². The van der Waals surface area contributed by atoms with Gasteiger partial charge in [-0.3, -0.25) is 0 Å². The number of aryl methyl sites for hydroxylation is 1. The van der Waals surface area contributed by atoms with E-state index in [9.17, 15) is 12.8 Å². The lowest BCUT2D eigenvalue weighted by Crippen LogP contribution is -2.32. The first-order valence-corrected chi connectivity index (χ1v) is 11.4. The van der Waals surface area contributed by atoms with Gasteiger partial charge in [0.2, 0.25) is 10.0 Å². The van der Waals surface area contributed by atoms with Crippen molar-refractivity contribution in [1.82, 2.24) is 14.3 Å². The predicted octanol–water partition coefficient (Wildman–Crippen LogP) is 4.33. The van der Waals surface area contributed by atoms with Gasteiger partial charge >= 0.3 is 0 Å². The van der Waals surface area contributed by atoms with Gasteiger partial charge in [-0.15, -0.1) is 0 Å². The van der Waals surface area contributed by atoms with Crippen LogP contribution in [0.5, 0.6) is 0 Å². The minimum Gasteiger partial charge on any atom is -0.325 e. The van der Waals surface area contributed by atoms with Crippen molar-refractivity contribution in [2.24, 2.45) is 0 Å². The highest BCUT2D eigenvalue weighted by Gasteiger charge is 2.36. The van der Waals surface area contributed by atoms with Gasteiger partial charge < -0.3 is 5.32 Å². The molecule has 2 aromatic heterocycles. The number of anilines is 2. The van der Waals surface area contributed by atoms with Crippen LogP contribution in [0.25, 0.3) is 0 Å². The molecule has 1 aliphatic rings. The van der Waals surface area contributed by atoms with Crippen molar-refractivity contribution >= 4 is 21.7 Å². The van der Waals surface area contributed by atoms with Crippen LogP contribution in [0.15, 0.2) is 60.7 Å². The van der Waals surface area contributed by atoms with E-state index < -0.39 is 15.8 Å². The van der Waals surface area contributed by atoms with E-state index in [-0.39, 0.29) is 17.4 Å². The standard InChI is InChI=1S/C22H23FN4O2S/c1-16-7-4-12-21(24-16)26-22-13-5-10-19(25-22)20-11-6-14-27(20)30(28,29)15-17-8-2-3-9-18(17)23/h2-5,7-10,12-13,20H,6,11,14-15H2,1H3,(H,24,25,26)/t20-/m1/s1. The van der Waals surface area contributed by atoms with Crippen LogP contribution in [0.2, 0.25) is 0 Å². The van der Waals surface area contributed by atoms with Crippen molar-refractivity contribution in [1.29, 1.82) is 0 Å². The minimum absolute atomic E-state index is 0.178. The molecule has 0 amide bonds. The fraction of sp³-hybridized carbons (Fsp3) is 0.273. The molecule has 0 radical (unpaired) electrons. The number of halogens is 1. The first kappa shape index (κ1) is 20.4. The molecular weight excluding hydrogens is 403 g/mol. The van der Waals surface area contributed by atoms with Crippen LogP contribution in [0, 0.1) is 12.7 Å². The second-order valence-electron chi connectivity index (χ2n) is 7.35. The van der Waals surface area contributed by atoms with Crippen molar-refractivity contribution in [3.8, 4) is 0 Å². The zero-order valence-corrected chi connectivity index (χ0v) is 17.4. The molecule has 4 rings (SSSR count). The minimum atomic E-state index is -3.69. The average Bonchev–Trinajstić information content (AvgIpc) is 3.21. The smallest absolute Gasteiger partial charge is 0.219 e. The zero-order valence-electron chi connectivity index (χ0n) is 16.6. The molecule has 1 atom stereocenters. The summed E-state index contributed by atoms with van der Waals surface area (Å²) in [6.45, 7) is 2.31. The number of benzene rings is 1. The molecular formula is C22H23FN4O2S. The van der Waals surface area contributed by atoms with Gasteiger partial charge in [0.25, 0.3) is 0 Å². The largest absolute Gasteiger partial charge is 0.325 e. The lowest BCUT2D eigenvalue weighted by molar-refractivity contribution is 0.389. The van der Waals surface area contributed by atoms with E-state index in [0.29, 0.717) is 30.3 Å². The van der Waals surface area contributed by atoms with Gasteiger partial charge in [0.05, 0.1) is 17.5 Å². The number of nitrogens with one attached hydrogen (secondary N) is 1. The summed E-state index contributed by atoms with van der Waals surface area (Å²) in [5.74, 6) is 0.410. The highest BCUT2D eigenvalue weighted by Crippen LogP contribution is 2.35. The Morgan fingerprint density at radius 2 is 1.77 bits per heavy atom. The third-order valence-corrected chi connectivity index (χ3v) is 6.94. The van der Waals surface area contributed by atoms with Gasteiger partial charge in [0, 0.05) is 17.8 Å². The van der Waals surface area contributed by atoms with E-state index >= 15 is 0 Å². The monoisotopic (exact) mass is 426 g/mol. The van der Waals surface area contributed by atoms with E-state index in [1.807, 2.05) is 43.3 Å². The van der Waals surface area contributed by atoms with Gasteiger partial charge in [0.15, 0.2) is 0 Å². The molecule has 30 heavy (non-hydrogen) atoms. The number of hydrogen-bond acceptors (Lipinski definition) is 5. The summed E-state index contributed by atoms with van der Waals surface area (Å²) < 4.78 is 41.6. The Morgan fingerprint density at radius 1 is 1.03 bits per heavy atom. The molecule has 0 saturated carbocycles. The average molecular weight is 427 g/mol. The molecule has 156 valence electrons. The molecule has 1 fully saturated rings.